The molecule has 18 heavy (non-hydrogen) atoms. The molecule has 0 radical (unpaired) electrons. The van der Waals surface area contributed by atoms with Crippen molar-refractivity contribution < 1.29 is 14.6 Å². The first kappa shape index (κ1) is 15.4. The second-order valence-electron chi connectivity index (χ2n) is 6.17. The van der Waals surface area contributed by atoms with Gasteiger partial charge in [-0.05, 0) is 24.7 Å². The van der Waals surface area contributed by atoms with E-state index < -0.39 is 12.1 Å². The quantitative estimate of drug-likeness (QED) is 0.760. The number of rotatable bonds is 7. The summed E-state index contributed by atoms with van der Waals surface area (Å²) in [5.41, 5.74) is 0. The zero-order valence-electron chi connectivity index (χ0n) is 12.1. The number of carbonyl (C=O) groups is 1. The molecule has 0 aromatic rings. The Bertz CT molecular complexity index is 256. The number of aliphatic carboxylic acids is 1. The maximum Gasteiger partial charge on any atom is 0.332 e. The number of hydrogen-bond donors (Lipinski definition) is 1. The molecule has 1 aliphatic heterocycles. The Labute approximate surface area is 110 Å². The zero-order chi connectivity index (χ0) is 13.7. The van der Waals surface area contributed by atoms with Gasteiger partial charge in [0, 0.05) is 19.6 Å². The Morgan fingerprint density at radius 1 is 1.22 bits per heavy atom. The molecule has 4 heteroatoms. The third kappa shape index (κ3) is 5.36. The number of carboxylic acids is 1. The lowest BCUT2D eigenvalue weighted by molar-refractivity contribution is -0.149. The Morgan fingerprint density at radius 3 is 2.17 bits per heavy atom. The lowest BCUT2D eigenvalue weighted by Crippen LogP contribution is -2.38. The van der Waals surface area contributed by atoms with Crippen LogP contribution >= 0.6 is 0 Å². The molecule has 2 unspecified atom stereocenters. The zero-order valence-corrected chi connectivity index (χ0v) is 12.1. The Balaban J connectivity index is 2.43. The largest absolute Gasteiger partial charge is 0.479 e. The molecule has 1 aliphatic rings. The van der Waals surface area contributed by atoms with E-state index in [4.69, 9.17) is 9.84 Å². The summed E-state index contributed by atoms with van der Waals surface area (Å²) in [4.78, 5) is 13.3. The molecule has 1 N–H and O–H groups in total. The van der Waals surface area contributed by atoms with Crippen molar-refractivity contribution in [2.75, 3.05) is 19.6 Å². The van der Waals surface area contributed by atoms with Crippen molar-refractivity contribution in [2.45, 2.75) is 52.7 Å². The number of carboxylic acid groups (broad SMARTS) is 1. The predicted molar refractivity (Wildman–Crippen MR) is 71.6 cm³/mol. The SMILES string of the molecule is CC(C)CN(CC(C)C)CC1CCC(C(=O)O)O1. The summed E-state index contributed by atoms with van der Waals surface area (Å²) in [7, 11) is 0. The standard InChI is InChI=1S/C14H27NO3/c1-10(2)7-15(8-11(3)4)9-12-5-6-13(18-12)14(16)17/h10-13H,5-9H2,1-4H3,(H,16,17). The average Bonchev–Trinajstić information content (AvgIpc) is 2.63. The third-order valence-corrected chi connectivity index (χ3v) is 3.09. The lowest BCUT2D eigenvalue weighted by atomic mass is 10.1. The number of hydrogen-bond acceptors (Lipinski definition) is 3. The van der Waals surface area contributed by atoms with Gasteiger partial charge in [0.05, 0.1) is 6.10 Å². The van der Waals surface area contributed by atoms with Gasteiger partial charge in [-0.2, -0.15) is 0 Å². The first-order valence-corrected chi connectivity index (χ1v) is 6.99. The first-order valence-electron chi connectivity index (χ1n) is 6.99. The van der Waals surface area contributed by atoms with Crippen LogP contribution in [0.4, 0.5) is 0 Å². The van der Waals surface area contributed by atoms with E-state index in [0.29, 0.717) is 18.3 Å². The van der Waals surface area contributed by atoms with Crippen LogP contribution in [0.15, 0.2) is 0 Å². The summed E-state index contributed by atoms with van der Waals surface area (Å²) in [6.45, 7) is 11.8. The summed E-state index contributed by atoms with van der Waals surface area (Å²) in [5, 5.41) is 8.92. The van der Waals surface area contributed by atoms with Crippen LogP contribution in [0.5, 0.6) is 0 Å². The molecule has 0 bridgehead atoms. The molecule has 2 atom stereocenters. The van der Waals surface area contributed by atoms with E-state index >= 15 is 0 Å². The fraction of sp³-hybridized carbons (Fsp3) is 0.929. The van der Waals surface area contributed by atoms with E-state index in [-0.39, 0.29) is 6.10 Å². The van der Waals surface area contributed by atoms with Crippen LogP contribution in [0.3, 0.4) is 0 Å². The van der Waals surface area contributed by atoms with Gasteiger partial charge in [0.1, 0.15) is 0 Å². The summed E-state index contributed by atoms with van der Waals surface area (Å²) < 4.78 is 5.58. The average molecular weight is 257 g/mol. The number of ether oxygens (including phenoxy) is 1. The summed E-state index contributed by atoms with van der Waals surface area (Å²) in [6, 6.07) is 0. The smallest absolute Gasteiger partial charge is 0.332 e. The molecule has 106 valence electrons. The molecule has 0 spiro atoms. The van der Waals surface area contributed by atoms with Crippen LogP contribution < -0.4 is 0 Å². The van der Waals surface area contributed by atoms with Gasteiger partial charge >= 0.3 is 5.97 Å². The van der Waals surface area contributed by atoms with Gasteiger partial charge in [0.25, 0.3) is 0 Å². The minimum Gasteiger partial charge on any atom is -0.479 e. The van der Waals surface area contributed by atoms with Crippen molar-refractivity contribution >= 4 is 5.97 Å². The highest BCUT2D eigenvalue weighted by molar-refractivity contribution is 5.72. The summed E-state index contributed by atoms with van der Waals surface area (Å²) in [6.07, 6.45) is 1.01. The van der Waals surface area contributed by atoms with Crippen molar-refractivity contribution in [2.24, 2.45) is 11.8 Å². The minimum atomic E-state index is -0.822. The lowest BCUT2D eigenvalue weighted by Gasteiger charge is -2.28. The summed E-state index contributed by atoms with van der Waals surface area (Å²) in [5.74, 6) is 0.428. The van der Waals surface area contributed by atoms with E-state index in [2.05, 4.69) is 32.6 Å². The predicted octanol–water partition coefficient (Wildman–Crippen LogP) is 2.23. The fourth-order valence-electron chi connectivity index (χ4n) is 2.57. The highest BCUT2D eigenvalue weighted by Gasteiger charge is 2.31. The van der Waals surface area contributed by atoms with Crippen LogP contribution in [0.25, 0.3) is 0 Å². The molecular formula is C14H27NO3. The molecule has 0 aromatic carbocycles. The van der Waals surface area contributed by atoms with E-state index in [0.717, 1.165) is 26.1 Å². The number of nitrogens with zero attached hydrogens (tertiary/aromatic N) is 1. The third-order valence-electron chi connectivity index (χ3n) is 3.09. The molecule has 1 heterocycles. The van der Waals surface area contributed by atoms with Gasteiger partial charge in [-0.1, -0.05) is 27.7 Å². The van der Waals surface area contributed by atoms with Crippen molar-refractivity contribution in [3.05, 3.63) is 0 Å². The molecule has 1 saturated heterocycles. The van der Waals surface area contributed by atoms with Crippen LogP contribution in [0.2, 0.25) is 0 Å². The molecule has 1 rings (SSSR count). The highest BCUT2D eigenvalue weighted by atomic mass is 16.5. The van der Waals surface area contributed by atoms with E-state index in [1.807, 2.05) is 0 Å². The maximum atomic E-state index is 10.8. The second-order valence-corrected chi connectivity index (χ2v) is 6.17. The molecular weight excluding hydrogens is 230 g/mol. The maximum absolute atomic E-state index is 10.8. The van der Waals surface area contributed by atoms with E-state index in [1.54, 1.807) is 0 Å². The van der Waals surface area contributed by atoms with Crippen molar-refractivity contribution in [3.63, 3.8) is 0 Å². The minimum absolute atomic E-state index is 0.0867. The van der Waals surface area contributed by atoms with Gasteiger partial charge in [0.2, 0.25) is 0 Å². The van der Waals surface area contributed by atoms with E-state index in [9.17, 15) is 4.79 Å². The van der Waals surface area contributed by atoms with Gasteiger partial charge in [0.15, 0.2) is 6.10 Å². The fourth-order valence-corrected chi connectivity index (χ4v) is 2.57. The van der Waals surface area contributed by atoms with E-state index in [1.165, 1.54) is 0 Å². The van der Waals surface area contributed by atoms with Crippen LogP contribution in [-0.4, -0.2) is 47.8 Å². The topological polar surface area (TPSA) is 49.8 Å². The monoisotopic (exact) mass is 257 g/mol. The Hall–Kier alpha value is -0.610. The van der Waals surface area contributed by atoms with Gasteiger partial charge < -0.3 is 14.7 Å². The van der Waals surface area contributed by atoms with Crippen LogP contribution in [-0.2, 0) is 9.53 Å². The van der Waals surface area contributed by atoms with Crippen LogP contribution in [0.1, 0.15) is 40.5 Å². The van der Waals surface area contributed by atoms with Crippen molar-refractivity contribution in [1.82, 2.24) is 4.90 Å². The molecule has 0 saturated carbocycles. The Kier molecular flexibility index (Phi) is 6.09. The Morgan fingerprint density at radius 2 is 1.78 bits per heavy atom. The van der Waals surface area contributed by atoms with Gasteiger partial charge in [-0.15, -0.1) is 0 Å². The second kappa shape index (κ2) is 7.10. The summed E-state index contributed by atoms with van der Waals surface area (Å²) >= 11 is 0. The molecule has 0 amide bonds. The van der Waals surface area contributed by atoms with Gasteiger partial charge in [-0.3, -0.25) is 0 Å². The highest BCUT2D eigenvalue weighted by Crippen LogP contribution is 2.21. The molecule has 4 nitrogen and oxygen atoms in total. The molecule has 0 aliphatic carbocycles. The molecule has 0 aromatic heterocycles. The first-order chi connectivity index (χ1) is 8.38. The van der Waals surface area contributed by atoms with Crippen molar-refractivity contribution in [3.8, 4) is 0 Å². The van der Waals surface area contributed by atoms with Gasteiger partial charge in [-0.25, -0.2) is 4.79 Å². The van der Waals surface area contributed by atoms with Crippen LogP contribution in [0, 0.1) is 11.8 Å². The molecule has 1 fully saturated rings. The van der Waals surface area contributed by atoms with Crippen molar-refractivity contribution in [1.29, 1.82) is 0 Å². The normalized spacial score (nSPS) is 24.4.